The molecular weight excluding hydrogens is 190 g/mol. The second-order valence-corrected chi connectivity index (χ2v) is 3.34. The van der Waals surface area contributed by atoms with E-state index in [-0.39, 0.29) is 10.8 Å². The quantitative estimate of drug-likeness (QED) is 0.646. The summed E-state index contributed by atoms with van der Waals surface area (Å²) in [5, 5.41) is 0.727. The lowest BCUT2D eigenvalue weighted by molar-refractivity contribution is 0.938. The number of nitrogens with one attached hydrogen (secondary N) is 1. The minimum atomic E-state index is -0.187. The van der Waals surface area contributed by atoms with Crippen LogP contribution in [0.15, 0.2) is 11.0 Å². The summed E-state index contributed by atoms with van der Waals surface area (Å²) >= 11 is 5.63. The highest BCUT2D eigenvalue weighted by Gasteiger charge is 2.08. The van der Waals surface area contributed by atoms with E-state index in [1.54, 1.807) is 4.57 Å². The summed E-state index contributed by atoms with van der Waals surface area (Å²) in [6.45, 7) is 1.87. The van der Waals surface area contributed by atoms with Crippen LogP contribution in [-0.4, -0.2) is 14.5 Å². The van der Waals surface area contributed by atoms with Crippen molar-refractivity contribution in [3.05, 3.63) is 27.4 Å². The van der Waals surface area contributed by atoms with Crippen LogP contribution in [0.2, 0.25) is 5.28 Å². The molecule has 0 bridgehead atoms. The van der Waals surface area contributed by atoms with E-state index in [1.165, 1.54) is 0 Å². The molecule has 2 aromatic rings. The number of aromatic amines is 1. The molecule has 0 unspecified atom stereocenters. The van der Waals surface area contributed by atoms with Gasteiger partial charge in [-0.2, -0.15) is 0 Å². The van der Waals surface area contributed by atoms with Crippen LogP contribution in [-0.2, 0) is 7.05 Å². The summed E-state index contributed by atoms with van der Waals surface area (Å²) in [4.78, 5) is 17.9. The van der Waals surface area contributed by atoms with Crippen LogP contribution in [0.3, 0.4) is 0 Å². The fraction of sp³-hybridized carbons (Fsp3) is 0.250. The van der Waals surface area contributed by atoms with Crippen LogP contribution in [0, 0.1) is 6.92 Å². The Bertz CT molecular complexity index is 526. The largest absolute Gasteiger partial charge is 0.335 e. The third-order valence-corrected chi connectivity index (χ3v) is 2.17. The number of hydrogen-bond donors (Lipinski definition) is 1. The van der Waals surface area contributed by atoms with Gasteiger partial charge in [0.2, 0.25) is 5.28 Å². The summed E-state index contributed by atoms with van der Waals surface area (Å²) < 4.78 is 1.78. The number of fused-ring (bicyclic) bond motifs is 1. The second kappa shape index (κ2) is 2.60. The van der Waals surface area contributed by atoms with Crippen molar-refractivity contribution in [2.75, 3.05) is 0 Å². The van der Waals surface area contributed by atoms with Gasteiger partial charge in [-0.3, -0.25) is 9.78 Å². The fourth-order valence-electron chi connectivity index (χ4n) is 1.46. The molecule has 0 spiro atoms. The molecule has 0 saturated carbocycles. The molecule has 0 amide bonds. The number of aryl methyl sites for hydroxylation is 2. The fourth-order valence-corrected chi connectivity index (χ4v) is 1.63. The average Bonchev–Trinajstić information content (AvgIpc) is 2.27. The molecule has 0 radical (unpaired) electrons. The van der Waals surface area contributed by atoms with E-state index in [9.17, 15) is 4.79 Å². The van der Waals surface area contributed by atoms with Crippen LogP contribution in [0.4, 0.5) is 0 Å². The van der Waals surface area contributed by atoms with Crippen molar-refractivity contribution in [3.63, 3.8) is 0 Å². The first kappa shape index (κ1) is 8.31. The summed E-state index contributed by atoms with van der Waals surface area (Å²) in [6, 6.07) is 0. The summed E-state index contributed by atoms with van der Waals surface area (Å²) in [7, 11) is 1.83. The van der Waals surface area contributed by atoms with Crippen LogP contribution < -0.4 is 5.56 Å². The average molecular weight is 198 g/mol. The second-order valence-electron chi connectivity index (χ2n) is 2.98. The molecule has 13 heavy (non-hydrogen) atoms. The van der Waals surface area contributed by atoms with Crippen molar-refractivity contribution in [1.82, 2.24) is 14.5 Å². The SMILES string of the molecule is Cc1cn(C)c2nc(Cl)[nH]c(=O)c12. The maximum atomic E-state index is 11.4. The third kappa shape index (κ3) is 1.14. The van der Waals surface area contributed by atoms with E-state index in [1.807, 2.05) is 20.2 Å². The topological polar surface area (TPSA) is 50.7 Å². The van der Waals surface area contributed by atoms with Crippen molar-refractivity contribution in [3.8, 4) is 0 Å². The monoisotopic (exact) mass is 197 g/mol. The summed E-state index contributed by atoms with van der Waals surface area (Å²) in [6.07, 6.45) is 1.85. The molecule has 1 N–H and O–H groups in total. The van der Waals surface area contributed by atoms with Crippen molar-refractivity contribution in [2.45, 2.75) is 6.92 Å². The van der Waals surface area contributed by atoms with Crippen LogP contribution >= 0.6 is 11.6 Å². The van der Waals surface area contributed by atoms with E-state index in [2.05, 4.69) is 9.97 Å². The van der Waals surface area contributed by atoms with E-state index < -0.39 is 0 Å². The van der Waals surface area contributed by atoms with Gasteiger partial charge in [0, 0.05) is 13.2 Å². The summed E-state index contributed by atoms with van der Waals surface area (Å²) in [5.74, 6) is 0. The van der Waals surface area contributed by atoms with Gasteiger partial charge >= 0.3 is 0 Å². The highest BCUT2D eigenvalue weighted by molar-refractivity contribution is 6.28. The Labute approximate surface area is 79.2 Å². The highest BCUT2D eigenvalue weighted by atomic mass is 35.5. The maximum Gasteiger partial charge on any atom is 0.261 e. The molecule has 2 rings (SSSR count). The molecule has 2 heterocycles. The van der Waals surface area contributed by atoms with Gasteiger partial charge in [0.1, 0.15) is 5.65 Å². The van der Waals surface area contributed by atoms with E-state index in [4.69, 9.17) is 11.6 Å². The Balaban J connectivity index is 3.06. The van der Waals surface area contributed by atoms with Crippen molar-refractivity contribution < 1.29 is 0 Å². The zero-order valence-electron chi connectivity index (χ0n) is 7.26. The van der Waals surface area contributed by atoms with E-state index >= 15 is 0 Å². The molecule has 5 heteroatoms. The Hall–Kier alpha value is -1.29. The predicted octanol–water partition coefficient (Wildman–Crippen LogP) is 1.22. The molecular formula is C8H8ClN3O. The molecule has 4 nitrogen and oxygen atoms in total. The minimum absolute atomic E-state index is 0.124. The Morgan fingerprint density at radius 3 is 3.00 bits per heavy atom. The molecule has 0 aliphatic rings. The zero-order valence-corrected chi connectivity index (χ0v) is 8.01. The molecule has 68 valence electrons. The zero-order chi connectivity index (χ0) is 9.59. The molecule has 0 atom stereocenters. The van der Waals surface area contributed by atoms with Gasteiger partial charge < -0.3 is 4.57 Å². The Kier molecular flexibility index (Phi) is 1.66. The number of H-pyrrole nitrogens is 1. The normalized spacial score (nSPS) is 11.0. The van der Waals surface area contributed by atoms with Gasteiger partial charge in [-0.25, -0.2) is 4.98 Å². The van der Waals surface area contributed by atoms with Gasteiger partial charge in [-0.1, -0.05) is 0 Å². The van der Waals surface area contributed by atoms with Crippen molar-refractivity contribution in [2.24, 2.45) is 7.05 Å². The first-order valence-electron chi connectivity index (χ1n) is 3.81. The van der Waals surface area contributed by atoms with Gasteiger partial charge in [0.05, 0.1) is 5.39 Å². The molecule has 0 fully saturated rings. The predicted molar refractivity (Wildman–Crippen MR) is 51.1 cm³/mol. The van der Waals surface area contributed by atoms with Crippen LogP contribution in [0.1, 0.15) is 5.56 Å². The molecule has 0 saturated heterocycles. The number of halogens is 1. The number of hydrogen-bond acceptors (Lipinski definition) is 2. The Morgan fingerprint density at radius 1 is 1.62 bits per heavy atom. The lowest BCUT2D eigenvalue weighted by Crippen LogP contribution is -2.08. The number of nitrogens with zero attached hydrogens (tertiary/aromatic N) is 2. The first-order chi connectivity index (χ1) is 6.09. The lowest BCUT2D eigenvalue weighted by Gasteiger charge is -1.94. The van der Waals surface area contributed by atoms with Crippen LogP contribution in [0.5, 0.6) is 0 Å². The molecule has 0 aromatic carbocycles. The van der Waals surface area contributed by atoms with Crippen molar-refractivity contribution in [1.29, 1.82) is 0 Å². The van der Waals surface area contributed by atoms with Gasteiger partial charge in [0.25, 0.3) is 5.56 Å². The lowest BCUT2D eigenvalue weighted by atomic mass is 10.3. The number of rotatable bonds is 0. The van der Waals surface area contributed by atoms with Gasteiger partial charge in [-0.05, 0) is 24.1 Å². The first-order valence-corrected chi connectivity index (χ1v) is 4.19. The van der Waals surface area contributed by atoms with E-state index in [0.29, 0.717) is 11.0 Å². The summed E-state index contributed by atoms with van der Waals surface area (Å²) in [5.41, 5.74) is 1.34. The molecule has 0 aliphatic carbocycles. The maximum absolute atomic E-state index is 11.4. The van der Waals surface area contributed by atoms with Gasteiger partial charge in [0.15, 0.2) is 0 Å². The van der Waals surface area contributed by atoms with Crippen LogP contribution in [0.25, 0.3) is 11.0 Å². The Morgan fingerprint density at radius 2 is 2.31 bits per heavy atom. The standard InChI is InChI=1S/C8H8ClN3O/c1-4-3-12(2)6-5(4)7(13)11-8(9)10-6/h3H,1-2H3,(H,10,11,13). The molecule has 0 aliphatic heterocycles. The highest BCUT2D eigenvalue weighted by Crippen LogP contribution is 2.14. The van der Waals surface area contributed by atoms with Crippen molar-refractivity contribution >= 4 is 22.6 Å². The molecule has 2 aromatic heterocycles. The number of aromatic nitrogens is 3. The third-order valence-electron chi connectivity index (χ3n) is 1.99. The smallest absolute Gasteiger partial charge is 0.261 e. The van der Waals surface area contributed by atoms with E-state index in [0.717, 1.165) is 5.56 Å². The minimum Gasteiger partial charge on any atom is -0.335 e. The van der Waals surface area contributed by atoms with Gasteiger partial charge in [-0.15, -0.1) is 0 Å².